The molecule has 1 aromatic heterocycles. The second-order valence-electron chi connectivity index (χ2n) is 9.64. The third-order valence-corrected chi connectivity index (χ3v) is 7.30. The number of amides is 1. The summed E-state index contributed by atoms with van der Waals surface area (Å²) in [6, 6.07) is 3.02. The molecule has 2 fully saturated rings. The number of alkyl halides is 3. The molecular formula is C25H27F6N3O4. The highest BCUT2D eigenvalue weighted by Gasteiger charge is 2.66. The lowest BCUT2D eigenvalue weighted by atomic mass is 9.77. The summed E-state index contributed by atoms with van der Waals surface area (Å²) in [6.45, 7) is 3.51. The Kier molecular flexibility index (Phi) is 7.65. The van der Waals surface area contributed by atoms with E-state index in [9.17, 15) is 31.1 Å². The summed E-state index contributed by atoms with van der Waals surface area (Å²) < 4.78 is 101. The highest BCUT2D eigenvalue weighted by molar-refractivity contribution is 5.95. The molecule has 0 unspecified atom stereocenters. The Labute approximate surface area is 215 Å². The van der Waals surface area contributed by atoms with Gasteiger partial charge >= 0.3 is 6.18 Å². The van der Waals surface area contributed by atoms with Crippen LogP contribution in [0, 0.1) is 23.4 Å². The van der Waals surface area contributed by atoms with Crippen LogP contribution in [0.2, 0.25) is 0 Å². The normalized spacial score (nSPS) is 28.4. The van der Waals surface area contributed by atoms with Crippen molar-refractivity contribution in [3.8, 4) is 5.75 Å². The summed E-state index contributed by atoms with van der Waals surface area (Å²) in [7, 11) is 2.89. The van der Waals surface area contributed by atoms with Crippen molar-refractivity contribution >= 4 is 11.6 Å². The van der Waals surface area contributed by atoms with E-state index in [0.29, 0.717) is 25.4 Å². The molecule has 2 saturated heterocycles. The van der Waals surface area contributed by atoms with Gasteiger partial charge < -0.3 is 24.4 Å². The predicted molar refractivity (Wildman–Crippen MR) is 123 cm³/mol. The fourth-order valence-corrected chi connectivity index (χ4v) is 4.93. The minimum atomic E-state index is -4.93. The first kappa shape index (κ1) is 28.1. The number of hydrogen-bond donors (Lipinski definition) is 1. The second kappa shape index (κ2) is 10.3. The molecule has 0 radical (unpaired) electrons. The Balaban J connectivity index is 1.71. The zero-order valence-electron chi connectivity index (χ0n) is 21.0. The molecule has 38 heavy (non-hydrogen) atoms. The van der Waals surface area contributed by atoms with Crippen molar-refractivity contribution < 1.29 is 45.3 Å². The molecule has 2 aromatic rings. The zero-order chi connectivity index (χ0) is 28.0. The molecule has 0 spiro atoms. The van der Waals surface area contributed by atoms with E-state index in [1.54, 1.807) is 0 Å². The number of nitrogens with one attached hydrogen (secondary N) is 1. The molecule has 4 rings (SSSR count). The van der Waals surface area contributed by atoms with E-state index in [1.165, 1.54) is 13.0 Å². The van der Waals surface area contributed by atoms with Crippen LogP contribution in [0.1, 0.15) is 37.1 Å². The first-order valence-electron chi connectivity index (χ1n) is 11.8. The van der Waals surface area contributed by atoms with Gasteiger partial charge in [0, 0.05) is 30.5 Å². The molecule has 5 atom stereocenters. The number of anilines is 1. The van der Waals surface area contributed by atoms with Gasteiger partial charge in [-0.25, -0.2) is 8.78 Å². The Hall–Kier alpha value is -2.90. The minimum absolute atomic E-state index is 0.193. The van der Waals surface area contributed by atoms with Crippen molar-refractivity contribution in [1.29, 1.82) is 0 Å². The molecule has 13 heteroatoms. The van der Waals surface area contributed by atoms with Gasteiger partial charge in [0.2, 0.25) is 5.82 Å². The first-order chi connectivity index (χ1) is 17.8. The van der Waals surface area contributed by atoms with Crippen molar-refractivity contribution in [3.05, 3.63) is 53.1 Å². The molecule has 0 aliphatic carbocycles. The monoisotopic (exact) mass is 547 g/mol. The molecule has 2 aliphatic rings. The van der Waals surface area contributed by atoms with Crippen LogP contribution in [-0.2, 0) is 14.3 Å². The summed E-state index contributed by atoms with van der Waals surface area (Å²) in [4.78, 5) is 19.4. The van der Waals surface area contributed by atoms with Crippen LogP contribution in [0.3, 0.4) is 0 Å². The Morgan fingerprint density at radius 2 is 1.95 bits per heavy atom. The second-order valence-corrected chi connectivity index (χ2v) is 9.64. The number of benzene rings is 1. The van der Waals surface area contributed by atoms with Crippen molar-refractivity contribution in [1.82, 2.24) is 9.88 Å². The molecule has 0 bridgehead atoms. The molecule has 0 saturated carbocycles. The van der Waals surface area contributed by atoms with Crippen LogP contribution in [-0.4, -0.2) is 67.5 Å². The number of likely N-dealkylation sites (N-methyl/N-ethyl adjacent to an activating group) is 1. The zero-order valence-corrected chi connectivity index (χ0v) is 21.0. The Bertz CT molecular complexity index is 1210. The number of aromatic nitrogens is 1. The van der Waals surface area contributed by atoms with E-state index in [1.807, 2.05) is 11.9 Å². The van der Waals surface area contributed by atoms with Crippen LogP contribution in [0.25, 0.3) is 0 Å². The van der Waals surface area contributed by atoms with E-state index >= 15 is 0 Å². The number of carbonyl (C=O) groups excluding carboxylic acids is 1. The van der Waals surface area contributed by atoms with Crippen LogP contribution in [0.15, 0.2) is 24.4 Å². The van der Waals surface area contributed by atoms with E-state index in [2.05, 4.69) is 10.3 Å². The highest BCUT2D eigenvalue weighted by Crippen LogP contribution is 2.55. The number of ether oxygens (including phenoxy) is 3. The number of hydrogen-bond acceptors (Lipinski definition) is 6. The number of nitrogens with zero attached hydrogens (tertiary/aromatic N) is 2. The average Bonchev–Trinajstić information content (AvgIpc) is 3.14. The van der Waals surface area contributed by atoms with Crippen molar-refractivity contribution in [3.63, 3.8) is 0 Å². The summed E-state index contributed by atoms with van der Waals surface area (Å²) in [6.07, 6.45) is -6.43. The van der Waals surface area contributed by atoms with Gasteiger partial charge in [0.05, 0.1) is 31.3 Å². The van der Waals surface area contributed by atoms with E-state index < -0.39 is 64.9 Å². The minimum Gasteiger partial charge on any atom is -0.493 e. The molecule has 1 amide bonds. The largest absolute Gasteiger partial charge is 0.493 e. The predicted octanol–water partition coefficient (Wildman–Crippen LogP) is 4.59. The number of rotatable bonds is 5. The number of carbonyl (C=O) groups is 1. The molecule has 3 heterocycles. The summed E-state index contributed by atoms with van der Waals surface area (Å²) in [5.74, 6) is -8.26. The topological polar surface area (TPSA) is 72.9 Å². The summed E-state index contributed by atoms with van der Waals surface area (Å²) in [5, 5.41) is 2.29. The van der Waals surface area contributed by atoms with Gasteiger partial charge in [-0.1, -0.05) is 13.0 Å². The van der Waals surface area contributed by atoms with E-state index in [0.717, 1.165) is 32.4 Å². The Morgan fingerprint density at radius 1 is 1.24 bits per heavy atom. The number of morpholine rings is 1. The van der Waals surface area contributed by atoms with Gasteiger partial charge in [0.25, 0.3) is 5.91 Å². The SMILES string of the molecule is COc1c([C@H]2[C@H](C(=O)Nc3cc([C@@H]4CN(C)CCO4)ncc3F)O[C@@](C)(C(F)(F)F)[C@H]2C)ccc(F)c1F. The number of methoxy groups -OCH3 is 1. The maximum atomic E-state index is 14.7. The lowest BCUT2D eigenvalue weighted by Crippen LogP contribution is -2.47. The fraction of sp³-hybridized carbons (Fsp3) is 0.520. The molecule has 7 nitrogen and oxygen atoms in total. The average molecular weight is 547 g/mol. The van der Waals surface area contributed by atoms with E-state index in [4.69, 9.17) is 14.2 Å². The quantitative estimate of drug-likeness (QED) is 0.553. The van der Waals surface area contributed by atoms with Gasteiger partial charge in [0.15, 0.2) is 23.0 Å². The first-order valence-corrected chi connectivity index (χ1v) is 11.8. The van der Waals surface area contributed by atoms with Crippen molar-refractivity contribution in [2.75, 3.05) is 39.2 Å². The third kappa shape index (κ3) is 4.94. The summed E-state index contributed by atoms with van der Waals surface area (Å²) >= 11 is 0. The molecule has 2 aliphatic heterocycles. The third-order valence-electron chi connectivity index (χ3n) is 7.30. The van der Waals surface area contributed by atoms with Gasteiger partial charge in [0.1, 0.15) is 12.2 Å². The van der Waals surface area contributed by atoms with Gasteiger partial charge in [-0.3, -0.25) is 9.78 Å². The van der Waals surface area contributed by atoms with Gasteiger partial charge in [-0.05, 0) is 26.1 Å². The standard InChI is InChI=1S/C25H27F6N3O4/c1-12-19(13-5-6-14(26)20(28)21(13)36-4)22(38-24(12,2)25(29,30)31)23(35)33-16-9-17(32-10-15(16)27)18-11-34(3)7-8-37-18/h5-6,9-10,12,18-19,22H,7-8,11H2,1-4H3,(H,32,33,35)/t12-,18-,19-,22+,24+/m0/s1. The van der Waals surface area contributed by atoms with Crippen molar-refractivity contribution in [2.45, 2.75) is 43.8 Å². The maximum Gasteiger partial charge on any atom is 0.417 e. The van der Waals surface area contributed by atoms with Crippen LogP contribution in [0.5, 0.6) is 5.75 Å². The molecular weight excluding hydrogens is 520 g/mol. The van der Waals surface area contributed by atoms with Gasteiger partial charge in [-0.2, -0.15) is 17.6 Å². The lowest BCUT2D eigenvalue weighted by Gasteiger charge is -2.32. The van der Waals surface area contributed by atoms with E-state index in [-0.39, 0.29) is 11.3 Å². The van der Waals surface area contributed by atoms with Crippen LogP contribution in [0.4, 0.5) is 32.0 Å². The highest BCUT2D eigenvalue weighted by atomic mass is 19.4. The smallest absolute Gasteiger partial charge is 0.417 e. The number of halogens is 6. The molecule has 1 N–H and O–H groups in total. The lowest BCUT2D eigenvalue weighted by molar-refractivity contribution is -0.272. The molecule has 1 aromatic carbocycles. The number of pyridine rings is 1. The van der Waals surface area contributed by atoms with Crippen molar-refractivity contribution in [2.24, 2.45) is 5.92 Å². The summed E-state index contributed by atoms with van der Waals surface area (Å²) in [5.41, 5.74) is -3.06. The van der Waals surface area contributed by atoms with Crippen LogP contribution >= 0.6 is 0 Å². The Morgan fingerprint density at radius 3 is 2.58 bits per heavy atom. The maximum absolute atomic E-state index is 14.7. The van der Waals surface area contributed by atoms with Gasteiger partial charge in [-0.15, -0.1) is 0 Å². The molecule has 208 valence electrons. The fourth-order valence-electron chi connectivity index (χ4n) is 4.93. The van der Waals surface area contributed by atoms with Crippen LogP contribution < -0.4 is 10.1 Å².